The second-order valence-corrected chi connectivity index (χ2v) is 7.22. The van der Waals surface area contributed by atoms with E-state index in [2.05, 4.69) is 0 Å². The Morgan fingerprint density at radius 3 is 2.43 bits per heavy atom. The normalized spacial score (nSPS) is 18.6. The molecule has 0 aliphatic carbocycles. The van der Waals surface area contributed by atoms with Crippen LogP contribution in [-0.4, -0.2) is 47.0 Å². The number of thiocarbonyl (C=S) groups is 1. The molecule has 0 aromatic heterocycles. The van der Waals surface area contributed by atoms with E-state index < -0.39 is 30.1 Å². The van der Waals surface area contributed by atoms with E-state index in [-0.39, 0.29) is 23.8 Å². The summed E-state index contributed by atoms with van der Waals surface area (Å²) < 4.78 is 51.8. The van der Waals surface area contributed by atoms with Gasteiger partial charge >= 0.3 is 6.18 Å². The summed E-state index contributed by atoms with van der Waals surface area (Å²) in [5.74, 6) is -3.61. The molecule has 1 saturated heterocycles. The zero-order valence-corrected chi connectivity index (χ0v) is 16.8. The molecule has 3 rings (SSSR count). The maximum Gasteiger partial charge on any atom is 0.403 e. The molecule has 1 aliphatic rings. The molecule has 1 heterocycles. The molecule has 3 atom stereocenters. The van der Waals surface area contributed by atoms with Gasteiger partial charge in [-0.3, -0.25) is 9.69 Å². The highest BCUT2D eigenvalue weighted by Gasteiger charge is 2.54. The van der Waals surface area contributed by atoms with Crippen molar-refractivity contribution < 1.29 is 32.5 Å². The maximum atomic E-state index is 13.9. The van der Waals surface area contributed by atoms with Crippen molar-refractivity contribution in [3.63, 3.8) is 0 Å². The largest absolute Gasteiger partial charge is 0.497 e. The van der Waals surface area contributed by atoms with Crippen molar-refractivity contribution in [3.8, 4) is 5.75 Å². The fraction of sp³-hybridized carbons (Fsp3) is 0.333. The number of aliphatic hydroxyl groups is 1. The highest BCUT2D eigenvalue weighted by molar-refractivity contribution is 7.80. The molecule has 1 N–H and O–H groups in total. The van der Waals surface area contributed by atoms with Crippen molar-refractivity contribution in [3.05, 3.63) is 65.7 Å². The summed E-state index contributed by atoms with van der Waals surface area (Å²) in [4.78, 5) is 13.8. The van der Waals surface area contributed by atoms with Gasteiger partial charge in [-0.25, -0.2) is 0 Å². The van der Waals surface area contributed by atoms with Gasteiger partial charge in [-0.05, 0) is 41.9 Å². The molecular weight excluding hydrogens is 419 g/mol. The first-order valence-electron chi connectivity index (χ1n) is 9.15. The van der Waals surface area contributed by atoms with E-state index in [0.29, 0.717) is 5.75 Å². The molecule has 1 aliphatic heterocycles. The number of benzene rings is 2. The van der Waals surface area contributed by atoms with Crippen LogP contribution in [0.4, 0.5) is 13.2 Å². The third-order valence-electron chi connectivity index (χ3n) is 4.90. The number of carbonyl (C=O) groups excluding carboxylic acids is 1. The monoisotopic (exact) mass is 439 g/mol. The van der Waals surface area contributed by atoms with Crippen molar-refractivity contribution in [2.45, 2.75) is 24.7 Å². The Morgan fingerprint density at radius 1 is 1.23 bits per heavy atom. The minimum Gasteiger partial charge on any atom is -0.497 e. The van der Waals surface area contributed by atoms with Gasteiger partial charge in [0.15, 0.2) is 5.92 Å². The van der Waals surface area contributed by atoms with Crippen LogP contribution in [0, 0.1) is 5.92 Å². The minimum atomic E-state index is -4.99. The summed E-state index contributed by atoms with van der Waals surface area (Å²) in [6.45, 7) is -0.0112. The number of hydrogen-bond acceptors (Lipinski definition) is 5. The summed E-state index contributed by atoms with van der Waals surface area (Å²) in [6, 6.07) is 13.7. The van der Waals surface area contributed by atoms with Crippen molar-refractivity contribution in [1.82, 2.24) is 4.90 Å². The van der Waals surface area contributed by atoms with Crippen molar-refractivity contribution >= 4 is 23.3 Å². The average Bonchev–Trinajstić information content (AvgIpc) is 3.07. The predicted molar refractivity (Wildman–Crippen MR) is 107 cm³/mol. The SMILES string of the molecule is COc1ccc([C@H](O)[C@@H](C(=O)N2C(=S)OCC2Cc2ccccc2)C(F)(F)F)cc1. The molecule has 5 nitrogen and oxygen atoms in total. The summed E-state index contributed by atoms with van der Waals surface area (Å²) in [5, 5.41) is 10.2. The van der Waals surface area contributed by atoms with Crippen LogP contribution in [0.5, 0.6) is 5.75 Å². The standard InChI is InChI=1S/C21H20F3NO4S/c1-28-16-9-7-14(8-10-16)18(26)17(21(22,23)24)19(27)25-15(12-29-20(25)30)11-13-5-3-2-4-6-13/h2-10,15,17-18,26H,11-12H2,1H3/t15?,17-,18-/m0/s1. The molecule has 1 unspecified atom stereocenters. The van der Waals surface area contributed by atoms with E-state index in [4.69, 9.17) is 21.7 Å². The van der Waals surface area contributed by atoms with Crippen LogP contribution in [-0.2, 0) is 16.0 Å². The molecule has 0 saturated carbocycles. The van der Waals surface area contributed by atoms with Gasteiger partial charge in [0.1, 0.15) is 12.4 Å². The molecule has 0 spiro atoms. The first-order chi connectivity index (χ1) is 14.2. The number of nitrogens with zero attached hydrogens (tertiary/aromatic N) is 1. The Kier molecular flexibility index (Phi) is 6.62. The zero-order valence-electron chi connectivity index (χ0n) is 16.0. The minimum absolute atomic E-state index is 0.0112. The smallest absolute Gasteiger partial charge is 0.403 e. The lowest BCUT2D eigenvalue weighted by Crippen LogP contribution is -2.49. The number of alkyl halides is 3. The molecule has 30 heavy (non-hydrogen) atoms. The van der Waals surface area contributed by atoms with Gasteiger partial charge in [-0.1, -0.05) is 42.5 Å². The second kappa shape index (κ2) is 9.01. The lowest BCUT2D eigenvalue weighted by atomic mass is 9.93. The number of carbonyl (C=O) groups is 1. The zero-order chi connectivity index (χ0) is 21.9. The Hall–Kier alpha value is -2.65. The lowest BCUT2D eigenvalue weighted by Gasteiger charge is -2.30. The van der Waals surface area contributed by atoms with Crippen LogP contribution in [0.25, 0.3) is 0 Å². The molecular formula is C21H20F3NO4S. The van der Waals surface area contributed by atoms with E-state index in [0.717, 1.165) is 10.5 Å². The summed E-state index contributed by atoms with van der Waals surface area (Å²) in [5.41, 5.74) is 0.768. The molecule has 0 radical (unpaired) electrons. The number of rotatable bonds is 6. The topological polar surface area (TPSA) is 59.0 Å². The van der Waals surface area contributed by atoms with Gasteiger partial charge in [-0.15, -0.1) is 0 Å². The number of ether oxygens (including phenoxy) is 2. The number of halogens is 3. The van der Waals surface area contributed by atoms with Gasteiger partial charge < -0.3 is 14.6 Å². The highest BCUT2D eigenvalue weighted by atomic mass is 32.1. The maximum absolute atomic E-state index is 13.9. The Balaban J connectivity index is 1.88. The molecule has 2 aromatic carbocycles. The average molecular weight is 439 g/mol. The lowest BCUT2D eigenvalue weighted by molar-refractivity contribution is -0.207. The van der Waals surface area contributed by atoms with Gasteiger partial charge in [-0.2, -0.15) is 13.2 Å². The van der Waals surface area contributed by atoms with Crippen LogP contribution < -0.4 is 4.74 Å². The fourth-order valence-electron chi connectivity index (χ4n) is 3.36. The van der Waals surface area contributed by atoms with Crippen LogP contribution in [0.2, 0.25) is 0 Å². The number of hydrogen-bond donors (Lipinski definition) is 1. The van der Waals surface area contributed by atoms with Gasteiger partial charge in [0.05, 0.1) is 19.3 Å². The van der Waals surface area contributed by atoms with Crippen LogP contribution in [0.3, 0.4) is 0 Å². The van der Waals surface area contributed by atoms with E-state index in [9.17, 15) is 23.1 Å². The predicted octanol–water partition coefficient (Wildman–Crippen LogP) is 3.66. The third-order valence-corrected chi connectivity index (χ3v) is 5.22. The fourth-order valence-corrected chi connectivity index (χ4v) is 3.67. The summed E-state index contributed by atoms with van der Waals surface area (Å²) >= 11 is 5.01. The Morgan fingerprint density at radius 2 is 1.87 bits per heavy atom. The summed E-state index contributed by atoms with van der Waals surface area (Å²) in [7, 11) is 1.41. The number of methoxy groups -OCH3 is 1. The van der Waals surface area contributed by atoms with Crippen molar-refractivity contribution in [1.29, 1.82) is 0 Å². The number of amides is 1. The van der Waals surface area contributed by atoms with E-state index in [1.54, 1.807) is 24.3 Å². The number of aliphatic hydroxyl groups excluding tert-OH is 1. The van der Waals surface area contributed by atoms with Crippen LogP contribution >= 0.6 is 12.2 Å². The molecule has 1 amide bonds. The van der Waals surface area contributed by atoms with Gasteiger partial charge in [0.2, 0.25) is 5.91 Å². The second-order valence-electron chi connectivity index (χ2n) is 6.87. The molecule has 1 fully saturated rings. The van der Waals surface area contributed by atoms with Crippen LogP contribution in [0.15, 0.2) is 54.6 Å². The third kappa shape index (κ3) is 4.73. The van der Waals surface area contributed by atoms with Crippen LogP contribution in [0.1, 0.15) is 17.2 Å². The Labute approximate surface area is 177 Å². The van der Waals surface area contributed by atoms with Gasteiger partial charge in [0.25, 0.3) is 5.17 Å². The van der Waals surface area contributed by atoms with Crippen molar-refractivity contribution in [2.75, 3.05) is 13.7 Å². The summed E-state index contributed by atoms with van der Waals surface area (Å²) in [6.07, 6.45) is -6.83. The van der Waals surface area contributed by atoms with E-state index in [1.807, 2.05) is 6.07 Å². The van der Waals surface area contributed by atoms with Gasteiger partial charge in [0, 0.05) is 0 Å². The first-order valence-corrected chi connectivity index (χ1v) is 9.55. The highest BCUT2D eigenvalue weighted by Crippen LogP contribution is 2.39. The van der Waals surface area contributed by atoms with Crippen molar-refractivity contribution in [2.24, 2.45) is 5.92 Å². The molecule has 2 aromatic rings. The molecule has 9 heteroatoms. The van der Waals surface area contributed by atoms with E-state index in [1.165, 1.54) is 31.4 Å². The molecule has 0 bridgehead atoms. The Bertz CT molecular complexity index is 889. The first kappa shape index (κ1) is 22.0. The molecule has 160 valence electrons. The van der Waals surface area contributed by atoms with E-state index >= 15 is 0 Å². The quantitative estimate of drug-likeness (QED) is 0.697.